The molecule has 1 aromatic rings. The number of piperidine rings is 1. The number of imidazole rings is 1. The lowest BCUT2D eigenvalue weighted by Crippen LogP contribution is -2.47. The fourth-order valence-electron chi connectivity index (χ4n) is 3.00. The second-order valence-electron chi connectivity index (χ2n) is 4.76. The molecule has 2 aliphatic heterocycles. The van der Waals surface area contributed by atoms with Crippen LogP contribution in [0.1, 0.15) is 25.7 Å². The normalized spacial score (nSPS) is 34.1. The lowest BCUT2D eigenvalue weighted by atomic mass is 10.0. The zero-order valence-electron chi connectivity index (χ0n) is 9.28. The van der Waals surface area contributed by atoms with Gasteiger partial charge in [-0.05, 0) is 25.7 Å². The first-order chi connectivity index (χ1) is 8.09. The summed E-state index contributed by atoms with van der Waals surface area (Å²) < 4.78 is 26.3. The number of rotatable bonds is 2. The number of nitrogens with zero attached hydrogens (tertiary/aromatic N) is 2. The molecular formula is C10H15N3O3S. The summed E-state index contributed by atoms with van der Waals surface area (Å²) in [4.78, 5) is 6.41. The average Bonchev–Trinajstić information content (AvgIpc) is 2.86. The molecule has 2 N–H and O–H groups in total. The molecule has 2 bridgehead atoms. The predicted molar refractivity (Wildman–Crippen MR) is 59.7 cm³/mol. The van der Waals surface area contributed by atoms with Crippen molar-refractivity contribution in [3.8, 4) is 0 Å². The van der Waals surface area contributed by atoms with Gasteiger partial charge in [-0.2, -0.15) is 4.31 Å². The van der Waals surface area contributed by atoms with Gasteiger partial charge >= 0.3 is 0 Å². The maximum Gasteiger partial charge on any atom is 0.260 e. The number of hydrogen-bond donors (Lipinski definition) is 2. The monoisotopic (exact) mass is 257 g/mol. The Balaban J connectivity index is 1.96. The van der Waals surface area contributed by atoms with Crippen LogP contribution in [0.4, 0.5) is 0 Å². The lowest BCUT2D eigenvalue weighted by molar-refractivity contribution is 0.0767. The Morgan fingerprint density at radius 2 is 2.00 bits per heavy atom. The first-order valence-electron chi connectivity index (χ1n) is 5.79. The quantitative estimate of drug-likeness (QED) is 0.786. The average molecular weight is 257 g/mol. The van der Waals surface area contributed by atoms with E-state index in [1.54, 1.807) is 4.31 Å². The van der Waals surface area contributed by atoms with Gasteiger partial charge in [-0.3, -0.25) is 0 Å². The highest BCUT2D eigenvalue weighted by Gasteiger charge is 2.47. The summed E-state index contributed by atoms with van der Waals surface area (Å²) in [5, 5.41) is 9.81. The van der Waals surface area contributed by atoms with Crippen molar-refractivity contribution in [2.45, 2.75) is 48.9 Å². The number of sulfonamides is 1. The van der Waals surface area contributed by atoms with Gasteiger partial charge in [0.25, 0.3) is 10.0 Å². The van der Waals surface area contributed by atoms with Gasteiger partial charge in [0.05, 0.1) is 18.6 Å². The molecule has 2 saturated heterocycles. The highest BCUT2D eigenvalue weighted by molar-refractivity contribution is 7.89. The van der Waals surface area contributed by atoms with Gasteiger partial charge in [0.15, 0.2) is 5.03 Å². The second-order valence-corrected chi connectivity index (χ2v) is 6.57. The SMILES string of the molecule is O=S(=O)(c1cnc[nH]1)N1C2CCC1CC(O)C2. The van der Waals surface area contributed by atoms with Crippen LogP contribution in [-0.2, 0) is 10.0 Å². The zero-order chi connectivity index (χ0) is 12.0. The van der Waals surface area contributed by atoms with E-state index in [1.807, 2.05) is 0 Å². The van der Waals surface area contributed by atoms with E-state index in [0.717, 1.165) is 12.8 Å². The summed E-state index contributed by atoms with van der Waals surface area (Å²) >= 11 is 0. The molecule has 3 heterocycles. The minimum absolute atomic E-state index is 0.0583. The maximum absolute atomic E-state index is 12.4. The zero-order valence-corrected chi connectivity index (χ0v) is 10.1. The van der Waals surface area contributed by atoms with Crippen molar-refractivity contribution in [2.75, 3.05) is 0 Å². The molecule has 3 rings (SSSR count). The number of aromatic nitrogens is 2. The molecule has 0 aliphatic carbocycles. The molecule has 0 aromatic carbocycles. The molecule has 2 fully saturated rings. The van der Waals surface area contributed by atoms with Crippen LogP contribution in [0.5, 0.6) is 0 Å². The number of hydrogen-bond acceptors (Lipinski definition) is 4. The van der Waals surface area contributed by atoms with Crippen molar-refractivity contribution in [3.63, 3.8) is 0 Å². The summed E-state index contributed by atoms with van der Waals surface area (Å²) in [7, 11) is -3.47. The van der Waals surface area contributed by atoms with Crippen LogP contribution in [0, 0.1) is 0 Å². The van der Waals surface area contributed by atoms with Gasteiger partial charge in [0.1, 0.15) is 0 Å². The topological polar surface area (TPSA) is 86.3 Å². The van der Waals surface area contributed by atoms with E-state index in [9.17, 15) is 13.5 Å². The molecule has 0 radical (unpaired) electrons. The Bertz CT molecular complexity index is 485. The van der Waals surface area contributed by atoms with E-state index in [4.69, 9.17) is 0 Å². The summed E-state index contributed by atoms with van der Waals surface area (Å²) in [6.45, 7) is 0. The van der Waals surface area contributed by atoms with Gasteiger partial charge in [0.2, 0.25) is 0 Å². The Labute approximate surface area is 99.7 Å². The highest BCUT2D eigenvalue weighted by atomic mass is 32.2. The Hall–Kier alpha value is -0.920. The number of fused-ring (bicyclic) bond motifs is 2. The first-order valence-corrected chi connectivity index (χ1v) is 7.23. The van der Waals surface area contributed by atoms with Crippen molar-refractivity contribution in [1.82, 2.24) is 14.3 Å². The minimum Gasteiger partial charge on any atom is -0.393 e. The van der Waals surface area contributed by atoms with Crippen LogP contribution in [0.25, 0.3) is 0 Å². The van der Waals surface area contributed by atoms with E-state index in [2.05, 4.69) is 9.97 Å². The van der Waals surface area contributed by atoms with Gasteiger partial charge in [-0.15, -0.1) is 0 Å². The van der Waals surface area contributed by atoms with Crippen molar-refractivity contribution < 1.29 is 13.5 Å². The van der Waals surface area contributed by atoms with E-state index >= 15 is 0 Å². The van der Waals surface area contributed by atoms with Crippen molar-refractivity contribution in [1.29, 1.82) is 0 Å². The van der Waals surface area contributed by atoms with E-state index < -0.39 is 10.0 Å². The summed E-state index contributed by atoms with van der Waals surface area (Å²) in [6.07, 6.45) is 5.12. The smallest absolute Gasteiger partial charge is 0.260 e. The molecule has 2 atom stereocenters. The third-order valence-corrected chi connectivity index (χ3v) is 5.60. The van der Waals surface area contributed by atoms with Gasteiger partial charge < -0.3 is 10.1 Å². The van der Waals surface area contributed by atoms with Crippen LogP contribution < -0.4 is 0 Å². The fraction of sp³-hybridized carbons (Fsp3) is 0.700. The molecule has 6 nitrogen and oxygen atoms in total. The van der Waals surface area contributed by atoms with Crippen LogP contribution >= 0.6 is 0 Å². The van der Waals surface area contributed by atoms with E-state index in [0.29, 0.717) is 12.8 Å². The maximum atomic E-state index is 12.4. The van der Waals surface area contributed by atoms with Crippen LogP contribution in [-0.4, -0.2) is 46.0 Å². The Morgan fingerprint density at radius 1 is 1.35 bits per heavy atom. The molecule has 17 heavy (non-hydrogen) atoms. The Morgan fingerprint density at radius 3 is 2.53 bits per heavy atom. The third kappa shape index (κ3) is 1.69. The third-order valence-electron chi connectivity index (χ3n) is 3.67. The molecule has 0 saturated carbocycles. The molecule has 1 aromatic heterocycles. The summed E-state index contributed by atoms with van der Waals surface area (Å²) in [5.41, 5.74) is 0. The van der Waals surface area contributed by atoms with Crippen LogP contribution in [0.2, 0.25) is 0 Å². The predicted octanol–water partition coefficient (Wildman–Crippen LogP) is 0.0861. The second kappa shape index (κ2) is 3.79. The Kier molecular flexibility index (Phi) is 2.49. The number of aliphatic hydroxyl groups is 1. The van der Waals surface area contributed by atoms with E-state index in [-0.39, 0.29) is 23.2 Å². The highest BCUT2D eigenvalue weighted by Crippen LogP contribution is 2.39. The number of H-pyrrole nitrogens is 1. The van der Waals surface area contributed by atoms with Crippen LogP contribution in [0.15, 0.2) is 17.6 Å². The molecular weight excluding hydrogens is 242 g/mol. The number of nitrogens with one attached hydrogen (secondary N) is 1. The van der Waals surface area contributed by atoms with Gasteiger partial charge in [-0.25, -0.2) is 13.4 Å². The standard InChI is InChI=1S/C10H15N3O3S/c14-9-3-7-1-2-8(4-9)13(7)17(15,16)10-5-11-6-12-10/h5-9,14H,1-4H2,(H,11,12). The van der Waals surface area contributed by atoms with Crippen molar-refractivity contribution >= 4 is 10.0 Å². The minimum atomic E-state index is -3.47. The lowest BCUT2D eigenvalue weighted by Gasteiger charge is -2.35. The summed E-state index contributed by atoms with van der Waals surface area (Å²) in [5.74, 6) is 0. The molecule has 0 spiro atoms. The molecule has 7 heteroatoms. The molecule has 2 aliphatic rings. The number of aliphatic hydroxyl groups excluding tert-OH is 1. The molecule has 2 unspecified atom stereocenters. The van der Waals surface area contributed by atoms with Gasteiger partial charge in [0, 0.05) is 12.1 Å². The summed E-state index contributed by atoms with van der Waals surface area (Å²) in [6, 6.07) is -0.117. The van der Waals surface area contributed by atoms with Crippen LogP contribution in [0.3, 0.4) is 0 Å². The molecule has 0 amide bonds. The van der Waals surface area contributed by atoms with Crippen molar-refractivity contribution in [3.05, 3.63) is 12.5 Å². The van der Waals surface area contributed by atoms with E-state index in [1.165, 1.54) is 12.5 Å². The largest absolute Gasteiger partial charge is 0.393 e. The van der Waals surface area contributed by atoms with Crippen molar-refractivity contribution in [2.24, 2.45) is 0 Å². The van der Waals surface area contributed by atoms with Gasteiger partial charge in [-0.1, -0.05) is 0 Å². The number of aromatic amines is 1. The molecule has 94 valence electrons. The first kappa shape index (κ1) is 11.2. The fourth-order valence-corrected chi connectivity index (χ4v) is 4.79.